The Morgan fingerprint density at radius 3 is 2.91 bits per heavy atom. The number of hydrogen-bond donors (Lipinski definition) is 1. The summed E-state index contributed by atoms with van der Waals surface area (Å²) in [4.78, 5) is 29.0. The van der Waals surface area contributed by atoms with Crippen LogP contribution in [0.25, 0.3) is 0 Å². The lowest BCUT2D eigenvalue weighted by molar-refractivity contribution is -0.160. The quantitative estimate of drug-likeness (QED) is 0.494. The van der Waals surface area contributed by atoms with Gasteiger partial charge in [0.1, 0.15) is 6.10 Å². The minimum absolute atomic E-state index is 0.213. The van der Waals surface area contributed by atoms with E-state index in [2.05, 4.69) is 4.98 Å². The lowest BCUT2D eigenvalue weighted by Crippen LogP contribution is -2.32. The SMILES string of the molecule is CCCOC[C@@H]1C[C@@]2(C[C@@](C)(c3csc(N)n3)OC2=O)C(=O)O1. The topological polar surface area (TPSA) is 101 Å². The summed E-state index contributed by atoms with van der Waals surface area (Å²) < 4.78 is 16.3. The molecule has 0 unspecified atom stereocenters. The lowest BCUT2D eigenvalue weighted by atomic mass is 9.78. The number of thiazole rings is 1. The van der Waals surface area contributed by atoms with E-state index < -0.39 is 29.1 Å². The molecule has 0 amide bonds. The Kier molecular flexibility index (Phi) is 4.05. The molecule has 126 valence electrons. The van der Waals surface area contributed by atoms with Crippen molar-refractivity contribution in [1.82, 2.24) is 4.98 Å². The molecular weight excluding hydrogens is 320 g/mol. The van der Waals surface area contributed by atoms with E-state index in [1.807, 2.05) is 6.92 Å². The maximum absolute atomic E-state index is 12.5. The number of nitrogens with zero attached hydrogens (tertiary/aromatic N) is 1. The third kappa shape index (κ3) is 2.70. The summed E-state index contributed by atoms with van der Waals surface area (Å²) in [5.74, 6) is -1.07. The van der Waals surface area contributed by atoms with Gasteiger partial charge >= 0.3 is 11.9 Å². The second kappa shape index (κ2) is 5.76. The zero-order valence-electron chi connectivity index (χ0n) is 13.2. The van der Waals surface area contributed by atoms with Gasteiger partial charge in [0, 0.05) is 24.8 Å². The highest BCUT2D eigenvalue weighted by Crippen LogP contribution is 2.52. The highest BCUT2D eigenvalue weighted by molar-refractivity contribution is 7.13. The predicted octanol–water partition coefficient (Wildman–Crippen LogP) is 1.62. The van der Waals surface area contributed by atoms with Gasteiger partial charge in [-0.05, 0) is 13.3 Å². The second-order valence-corrected chi connectivity index (χ2v) is 7.15. The zero-order chi connectivity index (χ0) is 16.7. The van der Waals surface area contributed by atoms with E-state index in [1.54, 1.807) is 12.3 Å². The number of nitrogen functional groups attached to an aromatic ring is 1. The van der Waals surface area contributed by atoms with E-state index in [0.717, 1.165) is 6.42 Å². The van der Waals surface area contributed by atoms with Crippen LogP contribution in [0.5, 0.6) is 0 Å². The molecule has 0 bridgehead atoms. The number of rotatable bonds is 5. The van der Waals surface area contributed by atoms with Gasteiger partial charge in [-0.2, -0.15) is 0 Å². The number of esters is 2. The first-order valence-corrected chi connectivity index (χ1v) is 8.51. The van der Waals surface area contributed by atoms with E-state index in [-0.39, 0.29) is 12.8 Å². The molecule has 7 nitrogen and oxygen atoms in total. The Hall–Kier alpha value is -1.67. The van der Waals surface area contributed by atoms with Crippen LogP contribution < -0.4 is 5.73 Å². The molecule has 2 N–H and O–H groups in total. The van der Waals surface area contributed by atoms with E-state index in [4.69, 9.17) is 19.9 Å². The molecule has 2 saturated heterocycles. The molecule has 1 aromatic rings. The Morgan fingerprint density at radius 2 is 2.26 bits per heavy atom. The summed E-state index contributed by atoms with van der Waals surface area (Å²) in [6.45, 7) is 4.65. The number of aromatic nitrogens is 1. The molecule has 23 heavy (non-hydrogen) atoms. The van der Waals surface area contributed by atoms with Crippen LogP contribution in [0.15, 0.2) is 5.38 Å². The number of cyclic esters (lactones) is 2. The fraction of sp³-hybridized carbons (Fsp3) is 0.667. The van der Waals surface area contributed by atoms with Gasteiger partial charge in [0.05, 0.1) is 12.3 Å². The highest BCUT2D eigenvalue weighted by Gasteiger charge is 2.65. The van der Waals surface area contributed by atoms with Crippen molar-refractivity contribution in [2.75, 3.05) is 18.9 Å². The number of hydrogen-bond acceptors (Lipinski definition) is 8. The zero-order valence-corrected chi connectivity index (χ0v) is 14.0. The fourth-order valence-corrected chi connectivity index (χ4v) is 3.89. The second-order valence-electron chi connectivity index (χ2n) is 6.26. The van der Waals surface area contributed by atoms with Crippen LogP contribution >= 0.6 is 11.3 Å². The first-order valence-electron chi connectivity index (χ1n) is 7.63. The molecule has 0 radical (unpaired) electrons. The molecule has 0 aliphatic carbocycles. The van der Waals surface area contributed by atoms with Crippen LogP contribution in [-0.2, 0) is 29.4 Å². The van der Waals surface area contributed by atoms with Crippen molar-refractivity contribution < 1.29 is 23.8 Å². The first kappa shape index (κ1) is 16.2. The van der Waals surface area contributed by atoms with E-state index in [9.17, 15) is 9.59 Å². The molecule has 8 heteroatoms. The van der Waals surface area contributed by atoms with Gasteiger partial charge in [-0.1, -0.05) is 6.92 Å². The number of nitrogens with two attached hydrogens (primary N) is 1. The van der Waals surface area contributed by atoms with Crippen molar-refractivity contribution in [3.05, 3.63) is 11.1 Å². The van der Waals surface area contributed by atoms with Crippen molar-refractivity contribution in [2.45, 2.75) is 44.8 Å². The third-order valence-corrected chi connectivity index (χ3v) is 4.98. The molecule has 1 spiro atoms. The molecule has 2 aliphatic heterocycles. The standard InChI is InChI=1S/C15H20N2O5S/c1-3-4-20-6-9-5-15(11(18)21-9)8-14(2,22-12(15)19)10-7-23-13(16)17-10/h7,9H,3-6,8H2,1-2H3,(H2,16,17)/t9-,14-,15+/m0/s1. The van der Waals surface area contributed by atoms with Crippen LogP contribution in [0.3, 0.4) is 0 Å². The molecule has 3 heterocycles. The van der Waals surface area contributed by atoms with Crippen molar-refractivity contribution >= 4 is 28.4 Å². The smallest absolute Gasteiger partial charge is 0.324 e. The van der Waals surface area contributed by atoms with Gasteiger partial charge in [0.15, 0.2) is 16.1 Å². The van der Waals surface area contributed by atoms with Crippen molar-refractivity contribution in [3.63, 3.8) is 0 Å². The van der Waals surface area contributed by atoms with Gasteiger partial charge in [0.2, 0.25) is 0 Å². The minimum Gasteiger partial charge on any atom is -0.459 e. The molecule has 0 aromatic carbocycles. The fourth-order valence-electron chi connectivity index (χ4n) is 3.20. The summed E-state index contributed by atoms with van der Waals surface area (Å²) in [6.07, 6.45) is 0.968. The van der Waals surface area contributed by atoms with Crippen LogP contribution in [0.4, 0.5) is 5.13 Å². The Morgan fingerprint density at radius 1 is 1.48 bits per heavy atom. The monoisotopic (exact) mass is 340 g/mol. The molecule has 0 saturated carbocycles. The Bertz CT molecular complexity index is 633. The molecule has 2 fully saturated rings. The normalized spacial score (nSPS) is 33.2. The molecule has 3 rings (SSSR count). The summed E-state index contributed by atoms with van der Waals surface area (Å²) in [5, 5.41) is 2.15. The van der Waals surface area contributed by atoms with Crippen LogP contribution in [0, 0.1) is 5.41 Å². The lowest BCUT2D eigenvalue weighted by Gasteiger charge is -2.20. The number of anilines is 1. The molecule has 1 aromatic heterocycles. The Balaban J connectivity index is 1.77. The van der Waals surface area contributed by atoms with Crippen LogP contribution in [0.2, 0.25) is 0 Å². The van der Waals surface area contributed by atoms with Gasteiger partial charge < -0.3 is 19.9 Å². The van der Waals surface area contributed by atoms with E-state index in [1.165, 1.54) is 11.3 Å². The highest BCUT2D eigenvalue weighted by atomic mass is 32.1. The molecular formula is C15H20N2O5S. The van der Waals surface area contributed by atoms with Crippen LogP contribution in [-0.4, -0.2) is 36.2 Å². The summed E-state index contributed by atoms with van der Waals surface area (Å²) in [7, 11) is 0. The number of carbonyl (C=O) groups excluding carboxylic acids is 2. The molecule has 2 aliphatic rings. The van der Waals surface area contributed by atoms with Gasteiger partial charge in [-0.25, -0.2) is 4.98 Å². The summed E-state index contributed by atoms with van der Waals surface area (Å²) >= 11 is 1.28. The van der Waals surface area contributed by atoms with Gasteiger partial charge in [0.25, 0.3) is 0 Å². The average Bonchev–Trinajstić information content (AvgIpc) is 3.11. The van der Waals surface area contributed by atoms with Gasteiger partial charge in [-0.3, -0.25) is 9.59 Å². The average molecular weight is 340 g/mol. The maximum atomic E-state index is 12.5. The summed E-state index contributed by atoms with van der Waals surface area (Å²) in [6, 6.07) is 0. The third-order valence-electron chi connectivity index (χ3n) is 4.30. The van der Waals surface area contributed by atoms with Gasteiger partial charge in [-0.15, -0.1) is 11.3 Å². The van der Waals surface area contributed by atoms with E-state index in [0.29, 0.717) is 24.0 Å². The van der Waals surface area contributed by atoms with Crippen LogP contribution in [0.1, 0.15) is 38.8 Å². The summed E-state index contributed by atoms with van der Waals surface area (Å²) in [5.41, 5.74) is 4.02. The van der Waals surface area contributed by atoms with Crippen molar-refractivity contribution in [3.8, 4) is 0 Å². The van der Waals surface area contributed by atoms with Crippen molar-refractivity contribution in [2.24, 2.45) is 5.41 Å². The Labute approximate surface area is 138 Å². The predicted molar refractivity (Wildman–Crippen MR) is 82.6 cm³/mol. The maximum Gasteiger partial charge on any atom is 0.324 e. The number of carbonyl (C=O) groups is 2. The van der Waals surface area contributed by atoms with Crippen molar-refractivity contribution in [1.29, 1.82) is 0 Å². The minimum atomic E-state index is -1.26. The van der Waals surface area contributed by atoms with E-state index >= 15 is 0 Å². The number of ether oxygens (including phenoxy) is 3. The largest absolute Gasteiger partial charge is 0.459 e. The first-order chi connectivity index (χ1) is 10.9. The molecule has 3 atom stereocenters.